The van der Waals surface area contributed by atoms with Gasteiger partial charge in [-0.3, -0.25) is 4.79 Å². The van der Waals surface area contributed by atoms with Gasteiger partial charge in [0.15, 0.2) is 0 Å². The number of hydrogen-bond acceptors (Lipinski definition) is 5. The lowest BCUT2D eigenvalue weighted by Crippen LogP contribution is -2.39. The lowest BCUT2D eigenvalue weighted by molar-refractivity contribution is -0.121. The van der Waals surface area contributed by atoms with Crippen molar-refractivity contribution in [2.75, 3.05) is 13.7 Å². The molecule has 3 aromatic rings. The van der Waals surface area contributed by atoms with Crippen LogP contribution in [0.2, 0.25) is 10.0 Å². The Morgan fingerprint density at radius 3 is 2.39 bits per heavy atom. The first kappa shape index (κ1) is 24.7. The van der Waals surface area contributed by atoms with Gasteiger partial charge in [0.05, 0.1) is 34.8 Å². The molecule has 1 N–H and O–H groups in total. The monoisotopic (exact) mass is 505 g/mol. The molecule has 172 valence electrons. The largest absolute Gasteiger partial charge is 0.497 e. The topological polar surface area (TPSA) is 88.1 Å². The van der Waals surface area contributed by atoms with Gasteiger partial charge >= 0.3 is 0 Å². The zero-order valence-corrected chi connectivity index (χ0v) is 19.9. The first-order valence-electron chi connectivity index (χ1n) is 9.75. The lowest BCUT2D eigenvalue weighted by atomic mass is 10.2. The summed E-state index contributed by atoms with van der Waals surface area (Å²) in [7, 11) is -2.49. The molecule has 3 rings (SSSR count). The van der Waals surface area contributed by atoms with Crippen LogP contribution >= 0.6 is 23.2 Å². The molecule has 0 fully saturated rings. The molecule has 33 heavy (non-hydrogen) atoms. The zero-order valence-electron chi connectivity index (χ0n) is 17.6. The Balaban J connectivity index is 1.79. The van der Waals surface area contributed by atoms with Crippen molar-refractivity contribution in [3.05, 3.63) is 94.0 Å². The summed E-state index contributed by atoms with van der Waals surface area (Å²) in [4.78, 5) is 12.6. The molecule has 3 aromatic carbocycles. The molecule has 0 spiro atoms. The highest BCUT2D eigenvalue weighted by Gasteiger charge is 2.27. The summed E-state index contributed by atoms with van der Waals surface area (Å²) >= 11 is 12.1. The zero-order chi connectivity index (χ0) is 23.8. The van der Waals surface area contributed by atoms with Crippen molar-refractivity contribution in [3.8, 4) is 5.75 Å². The van der Waals surface area contributed by atoms with E-state index in [9.17, 15) is 13.2 Å². The van der Waals surface area contributed by atoms with E-state index in [1.54, 1.807) is 54.6 Å². The molecule has 0 saturated carbocycles. The molecule has 1 amide bonds. The molecule has 0 aromatic heterocycles. The van der Waals surface area contributed by atoms with Crippen LogP contribution < -0.4 is 10.2 Å². The molecular weight excluding hydrogens is 485 g/mol. The number of methoxy groups -OCH3 is 1. The van der Waals surface area contributed by atoms with E-state index in [0.717, 1.165) is 9.87 Å². The Morgan fingerprint density at radius 1 is 1.03 bits per heavy atom. The molecule has 0 heterocycles. The molecule has 0 aliphatic heterocycles. The van der Waals surface area contributed by atoms with Crippen LogP contribution in [0.15, 0.2) is 82.8 Å². The molecule has 0 bridgehead atoms. The number of nitrogens with zero attached hydrogens (tertiary/aromatic N) is 2. The summed E-state index contributed by atoms with van der Waals surface area (Å²) in [5.41, 5.74) is 3.58. The Hall–Kier alpha value is -2.91. The number of benzene rings is 3. The van der Waals surface area contributed by atoms with Crippen LogP contribution in [0.5, 0.6) is 5.75 Å². The van der Waals surface area contributed by atoms with Crippen LogP contribution in [-0.4, -0.2) is 38.5 Å². The Bertz CT molecular complexity index is 1230. The summed E-state index contributed by atoms with van der Waals surface area (Å²) in [5, 5.41) is 4.52. The van der Waals surface area contributed by atoms with E-state index in [1.165, 1.54) is 25.5 Å². The van der Waals surface area contributed by atoms with Crippen LogP contribution in [0, 0.1) is 0 Å². The number of ether oxygens (including phenoxy) is 1. The second kappa shape index (κ2) is 11.3. The van der Waals surface area contributed by atoms with Gasteiger partial charge in [0.2, 0.25) is 10.0 Å². The Labute approximate surface area is 202 Å². The SMILES string of the molecule is COc1ccc(S(=O)(=O)N(CC(=O)N/N=C\c2cccc(Cl)c2Cl)Cc2ccccc2)cc1. The maximum Gasteiger partial charge on any atom is 0.255 e. The van der Waals surface area contributed by atoms with Crippen molar-refractivity contribution in [1.29, 1.82) is 0 Å². The van der Waals surface area contributed by atoms with Crippen molar-refractivity contribution in [1.82, 2.24) is 9.73 Å². The van der Waals surface area contributed by atoms with E-state index in [4.69, 9.17) is 27.9 Å². The van der Waals surface area contributed by atoms with Gasteiger partial charge in [0.1, 0.15) is 5.75 Å². The summed E-state index contributed by atoms with van der Waals surface area (Å²) in [6.07, 6.45) is 1.34. The smallest absolute Gasteiger partial charge is 0.255 e. The van der Waals surface area contributed by atoms with Gasteiger partial charge in [-0.15, -0.1) is 0 Å². The predicted molar refractivity (Wildman–Crippen MR) is 129 cm³/mol. The average Bonchev–Trinajstić information content (AvgIpc) is 2.82. The number of hydrazone groups is 1. The third-order valence-electron chi connectivity index (χ3n) is 4.59. The number of nitrogens with one attached hydrogen (secondary N) is 1. The Morgan fingerprint density at radius 2 is 1.73 bits per heavy atom. The number of halogens is 2. The predicted octanol–water partition coefficient (Wildman–Crippen LogP) is 4.34. The molecule has 0 unspecified atom stereocenters. The fourth-order valence-electron chi connectivity index (χ4n) is 2.90. The number of rotatable bonds is 9. The van der Waals surface area contributed by atoms with Crippen molar-refractivity contribution < 1.29 is 17.9 Å². The van der Waals surface area contributed by atoms with Crippen LogP contribution in [0.4, 0.5) is 0 Å². The van der Waals surface area contributed by atoms with Gasteiger partial charge in [0, 0.05) is 12.1 Å². The van der Waals surface area contributed by atoms with Crippen molar-refractivity contribution in [2.24, 2.45) is 5.10 Å². The van der Waals surface area contributed by atoms with E-state index in [0.29, 0.717) is 21.4 Å². The molecule has 0 radical (unpaired) electrons. The fraction of sp³-hybridized carbons (Fsp3) is 0.130. The van der Waals surface area contributed by atoms with Crippen LogP contribution in [0.25, 0.3) is 0 Å². The summed E-state index contributed by atoms with van der Waals surface area (Å²) in [6, 6.07) is 20.0. The minimum Gasteiger partial charge on any atom is -0.497 e. The lowest BCUT2D eigenvalue weighted by Gasteiger charge is -2.21. The van der Waals surface area contributed by atoms with Gasteiger partial charge in [-0.05, 0) is 35.9 Å². The minimum absolute atomic E-state index is 0.00641. The summed E-state index contributed by atoms with van der Waals surface area (Å²) in [5.74, 6) is -0.0901. The molecule has 7 nitrogen and oxygen atoms in total. The second-order valence-corrected chi connectivity index (χ2v) is 9.59. The Kier molecular flexibility index (Phi) is 8.46. The van der Waals surface area contributed by atoms with Gasteiger partial charge in [-0.1, -0.05) is 65.7 Å². The molecule has 0 aliphatic rings. The van der Waals surface area contributed by atoms with E-state index in [-0.39, 0.29) is 11.4 Å². The second-order valence-electron chi connectivity index (χ2n) is 6.87. The van der Waals surface area contributed by atoms with E-state index in [1.807, 2.05) is 6.07 Å². The van der Waals surface area contributed by atoms with Crippen molar-refractivity contribution in [2.45, 2.75) is 11.4 Å². The first-order valence-corrected chi connectivity index (χ1v) is 11.9. The average molecular weight is 506 g/mol. The standard InChI is InChI=1S/C23H21Cl2N3O4S/c1-32-19-10-12-20(13-11-19)33(30,31)28(15-17-6-3-2-4-7-17)16-22(29)27-26-14-18-8-5-9-21(24)23(18)25/h2-14H,15-16H2,1H3,(H,27,29)/b26-14-. The summed E-state index contributed by atoms with van der Waals surface area (Å²) in [6.45, 7) is -0.434. The minimum atomic E-state index is -3.98. The van der Waals surface area contributed by atoms with Crippen molar-refractivity contribution in [3.63, 3.8) is 0 Å². The number of sulfonamides is 1. The molecule has 10 heteroatoms. The maximum atomic E-state index is 13.3. The molecule has 0 atom stereocenters. The van der Waals surface area contributed by atoms with E-state index in [2.05, 4.69) is 10.5 Å². The van der Waals surface area contributed by atoms with Gasteiger partial charge in [-0.2, -0.15) is 9.41 Å². The molecule has 0 saturated heterocycles. The van der Waals surface area contributed by atoms with E-state index >= 15 is 0 Å². The number of hydrogen-bond donors (Lipinski definition) is 1. The van der Waals surface area contributed by atoms with Crippen molar-refractivity contribution >= 4 is 45.3 Å². The summed E-state index contributed by atoms with van der Waals surface area (Å²) < 4.78 is 32.7. The number of amides is 1. The van der Waals surface area contributed by atoms with Gasteiger partial charge in [0.25, 0.3) is 5.91 Å². The van der Waals surface area contributed by atoms with Gasteiger partial charge < -0.3 is 4.74 Å². The highest BCUT2D eigenvalue weighted by Crippen LogP contribution is 2.24. The molecule has 0 aliphatic carbocycles. The van der Waals surface area contributed by atoms with Crippen LogP contribution in [0.3, 0.4) is 0 Å². The van der Waals surface area contributed by atoms with Crippen LogP contribution in [0.1, 0.15) is 11.1 Å². The highest BCUT2D eigenvalue weighted by atomic mass is 35.5. The quantitative estimate of drug-likeness (QED) is 0.346. The highest BCUT2D eigenvalue weighted by molar-refractivity contribution is 7.89. The fourth-order valence-corrected chi connectivity index (χ4v) is 4.64. The van der Waals surface area contributed by atoms with E-state index < -0.39 is 22.5 Å². The number of carbonyl (C=O) groups is 1. The third-order valence-corrected chi connectivity index (χ3v) is 7.23. The molecular formula is C23H21Cl2N3O4S. The van der Waals surface area contributed by atoms with Gasteiger partial charge in [-0.25, -0.2) is 13.8 Å². The normalized spacial score (nSPS) is 11.6. The third kappa shape index (κ3) is 6.55. The first-order chi connectivity index (χ1) is 15.8. The maximum absolute atomic E-state index is 13.3. The van der Waals surface area contributed by atoms with Crippen LogP contribution in [-0.2, 0) is 21.4 Å². The number of carbonyl (C=O) groups excluding carboxylic acids is 1.